The summed E-state index contributed by atoms with van der Waals surface area (Å²) in [6, 6.07) is 0. The molecule has 0 radical (unpaired) electrons. The first-order valence-electron chi connectivity index (χ1n) is 15.0. The summed E-state index contributed by atoms with van der Waals surface area (Å²) in [5, 5.41) is 0.138. The van der Waals surface area contributed by atoms with Crippen molar-refractivity contribution < 1.29 is 45.3 Å². The van der Waals surface area contributed by atoms with Gasteiger partial charge in [-0.2, -0.15) is 0 Å². The molecule has 0 heterocycles. The molecular weight excluding hydrogens is 463 g/mol. The van der Waals surface area contributed by atoms with Gasteiger partial charge in [-0.1, -0.05) is 154 Å². The molecule has 0 rings (SSSR count). The van der Waals surface area contributed by atoms with Crippen LogP contribution in [0.25, 0.3) is 0 Å². The zero-order valence-electron chi connectivity index (χ0n) is 25.0. The Morgan fingerprint density at radius 1 is 0.543 bits per heavy atom. The van der Waals surface area contributed by atoms with Crippen LogP contribution in [-0.4, -0.2) is 23.4 Å². The Labute approximate surface area is 247 Å². The second-order valence-corrected chi connectivity index (χ2v) is 11.2. The van der Waals surface area contributed by atoms with Crippen molar-refractivity contribution in [3.05, 3.63) is 0 Å². The van der Waals surface area contributed by atoms with E-state index < -0.39 is 0 Å². The van der Waals surface area contributed by atoms with Gasteiger partial charge in [0.05, 0.1) is 13.0 Å². The summed E-state index contributed by atoms with van der Waals surface area (Å²) in [5.74, 6) is 0.680. The van der Waals surface area contributed by atoms with Crippen molar-refractivity contribution >= 4 is 22.8 Å². The molecule has 3 nitrogen and oxygen atoms in total. The molecule has 0 saturated carbocycles. The fourth-order valence-electron chi connectivity index (χ4n) is 4.25. The zero-order chi connectivity index (χ0) is 25.0. The number of esters is 1. The Kier molecular flexibility index (Phi) is 35.0. The van der Waals surface area contributed by atoms with Crippen molar-refractivity contribution in [2.24, 2.45) is 0 Å². The fourth-order valence-corrected chi connectivity index (χ4v) is 5.08. The van der Waals surface area contributed by atoms with Crippen molar-refractivity contribution in [2.75, 3.05) is 12.4 Å². The van der Waals surface area contributed by atoms with Gasteiger partial charge in [0.2, 0.25) is 0 Å². The molecule has 5 heteroatoms. The van der Waals surface area contributed by atoms with E-state index in [0.29, 0.717) is 13.0 Å². The van der Waals surface area contributed by atoms with E-state index in [1.807, 2.05) is 0 Å². The van der Waals surface area contributed by atoms with Gasteiger partial charge < -0.3 is 6.16 Å². The van der Waals surface area contributed by atoms with Crippen LogP contribution in [0, 0.1) is 0 Å². The first-order chi connectivity index (χ1) is 16.7. The van der Waals surface area contributed by atoms with E-state index in [1.54, 1.807) is 0 Å². The van der Waals surface area contributed by atoms with Crippen molar-refractivity contribution in [3.8, 4) is 0 Å². The number of thioether (sulfide) groups is 1. The average molecular weight is 523 g/mol. The molecule has 0 aliphatic rings. The number of carbonyl (C=O) groups excluding carboxylic acids is 2. The van der Waals surface area contributed by atoms with E-state index in [-0.39, 0.29) is 48.5 Å². The summed E-state index contributed by atoms with van der Waals surface area (Å²) in [4.78, 5) is 23.8. The van der Waals surface area contributed by atoms with Crippen molar-refractivity contribution in [1.29, 1.82) is 0 Å². The molecule has 0 amide bonds. The van der Waals surface area contributed by atoms with E-state index in [4.69, 9.17) is 4.74 Å². The van der Waals surface area contributed by atoms with Crippen LogP contribution in [0.15, 0.2) is 0 Å². The Morgan fingerprint density at radius 2 is 0.914 bits per heavy atom. The minimum atomic E-state index is -0.212. The van der Waals surface area contributed by atoms with E-state index in [2.05, 4.69) is 13.8 Å². The Balaban J connectivity index is -0.00000544. The van der Waals surface area contributed by atoms with Crippen molar-refractivity contribution in [3.63, 3.8) is 0 Å². The fraction of sp³-hybridized carbons (Fsp3) is 0.933. The largest absolute Gasteiger partial charge is 1.00 e. The van der Waals surface area contributed by atoms with Crippen LogP contribution in [0.1, 0.15) is 169 Å². The monoisotopic (exact) mass is 522 g/mol. The Hall–Kier alpha value is 0.490. The van der Waals surface area contributed by atoms with Gasteiger partial charge in [0.25, 0.3) is 0 Å². The third-order valence-corrected chi connectivity index (χ3v) is 7.57. The standard InChI is InChI=1S/C30H58O3S.Na.H/c1-3-5-7-9-11-13-15-17-19-21-23-27-33-29(31)25-26-30(32)34-28-24-22-20-18-16-14-12-10-8-6-4-2;;/h3-28H2,1-2H3;;/q;+1;-1. The summed E-state index contributed by atoms with van der Waals surface area (Å²) in [6.07, 6.45) is 29.3. The quantitative estimate of drug-likeness (QED) is 0.0644. The molecule has 0 spiro atoms. The van der Waals surface area contributed by atoms with Crippen LogP contribution in [0.5, 0.6) is 0 Å². The van der Waals surface area contributed by atoms with Gasteiger partial charge in [-0.15, -0.1) is 0 Å². The third kappa shape index (κ3) is 32.5. The first-order valence-corrected chi connectivity index (χ1v) is 16.0. The second-order valence-electron chi connectivity index (χ2n) is 10.0. The number of rotatable bonds is 27. The minimum Gasteiger partial charge on any atom is -1.00 e. The summed E-state index contributed by atoms with van der Waals surface area (Å²) >= 11 is 1.40. The average Bonchev–Trinajstić information content (AvgIpc) is 2.84. The van der Waals surface area contributed by atoms with Gasteiger partial charge in [0, 0.05) is 12.2 Å². The zero-order valence-corrected chi connectivity index (χ0v) is 26.8. The van der Waals surface area contributed by atoms with Crippen LogP contribution in [0.3, 0.4) is 0 Å². The molecule has 0 aromatic carbocycles. The van der Waals surface area contributed by atoms with Gasteiger partial charge in [-0.3, -0.25) is 9.59 Å². The first kappa shape index (κ1) is 37.6. The molecule has 0 unspecified atom stereocenters. The van der Waals surface area contributed by atoms with E-state index in [0.717, 1.165) is 25.0 Å². The van der Waals surface area contributed by atoms with Crippen LogP contribution in [0.2, 0.25) is 0 Å². The van der Waals surface area contributed by atoms with E-state index in [9.17, 15) is 9.59 Å². The molecule has 204 valence electrons. The molecular formula is C30H59NaO3S. The Morgan fingerprint density at radius 3 is 1.34 bits per heavy atom. The van der Waals surface area contributed by atoms with Gasteiger partial charge in [0.1, 0.15) is 0 Å². The van der Waals surface area contributed by atoms with E-state index in [1.165, 1.54) is 134 Å². The summed E-state index contributed by atoms with van der Waals surface area (Å²) in [6.45, 7) is 5.04. The maximum atomic E-state index is 12.0. The molecule has 0 saturated heterocycles. The molecule has 0 atom stereocenters. The molecule has 0 aliphatic heterocycles. The number of carbonyl (C=O) groups is 2. The van der Waals surface area contributed by atoms with Gasteiger partial charge in [-0.25, -0.2) is 0 Å². The van der Waals surface area contributed by atoms with Crippen LogP contribution < -0.4 is 29.6 Å². The number of unbranched alkanes of at least 4 members (excludes halogenated alkanes) is 20. The van der Waals surface area contributed by atoms with Crippen LogP contribution >= 0.6 is 11.8 Å². The van der Waals surface area contributed by atoms with Crippen LogP contribution in [-0.2, 0) is 14.3 Å². The summed E-state index contributed by atoms with van der Waals surface area (Å²) in [7, 11) is 0. The van der Waals surface area contributed by atoms with Gasteiger partial charge in [-0.05, 0) is 12.8 Å². The van der Waals surface area contributed by atoms with E-state index >= 15 is 0 Å². The molecule has 0 aromatic heterocycles. The minimum absolute atomic E-state index is 0. The number of ether oxygens (including phenoxy) is 1. The summed E-state index contributed by atoms with van der Waals surface area (Å²) in [5.41, 5.74) is 0. The smallest absolute Gasteiger partial charge is 1.00 e. The predicted octanol–water partition coefficient (Wildman–Crippen LogP) is 7.31. The molecule has 0 N–H and O–H groups in total. The maximum Gasteiger partial charge on any atom is 1.00 e. The number of hydrogen-bond acceptors (Lipinski definition) is 4. The molecule has 0 bridgehead atoms. The number of hydrogen-bond donors (Lipinski definition) is 0. The van der Waals surface area contributed by atoms with Crippen molar-refractivity contribution in [1.82, 2.24) is 0 Å². The topological polar surface area (TPSA) is 43.4 Å². The molecule has 0 aliphatic carbocycles. The predicted molar refractivity (Wildman–Crippen MR) is 152 cm³/mol. The Bertz CT molecular complexity index is 412. The molecule has 35 heavy (non-hydrogen) atoms. The van der Waals surface area contributed by atoms with Gasteiger partial charge >= 0.3 is 35.5 Å². The third-order valence-electron chi connectivity index (χ3n) is 6.56. The SMILES string of the molecule is CCCCCCCCCCCCCOC(=O)CCC(=O)SCCCCCCCCCCCCC.[H-].[Na+]. The second kappa shape index (κ2) is 32.5. The maximum absolute atomic E-state index is 12.0. The molecule has 0 fully saturated rings. The van der Waals surface area contributed by atoms with Crippen molar-refractivity contribution in [2.45, 2.75) is 168 Å². The van der Waals surface area contributed by atoms with Gasteiger partial charge in [0.15, 0.2) is 5.12 Å². The van der Waals surface area contributed by atoms with Crippen LogP contribution in [0.4, 0.5) is 0 Å². The summed E-state index contributed by atoms with van der Waals surface area (Å²) < 4.78 is 5.29. The molecule has 0 aromatic rings. The normalized spacial score (nSPS) is 10.8.